The molecule has 0 fully saturated rings. The van der Waals surface area contributed by atoms with E-state index >= 15 is 0 Å². The van der Waals surface area contributed by atoms with Gasteiger partial charge in [0.05, 0.1) is 10.9 Å². The van der Waals surface area contributed by atoms with Crippen LogP contribution in [0.3, 0.4) is 0 Å². The fourth-order valence-electron chi connectivity index (χ4n) is 1.07. The summed E-state index contributed by atoms with van der Waals surface area (Å²) in [5, 5.41) is 4.89. The van der Waals surface area contributed by atoms with E-state index in [-0.39, 0.29) is 0 Å². The van der Waals surface area contributed by atoms with Crippen LogP contribution >= 0.6 is 11.3 Å². The fourth-order valence-corrected chi connectivity index (χ4v) is 1.97. The molecular formula is C9H8N2OS. The Morgan fingerprint density at radius 2 is 2.54 bits per heavy atom. The van der Waals surface area contributed by atoms with Gasteiger partial charge in [-0.05, 0) is 17.5 Å². The Morgan fingerprint density at radius 3 is 3.31 bits per heavy atom. The molecule has 0 aliphatic heterocycles. The van der Waals surface area contributed by atoms with Crippen molar-refractivity contribution in [3.8, 4) is 0 Å². The van der Waals surface area contributed by atoms with Gasteiger partial charge in [0.2, 0.25) is 0 Å². The monoisotopic (exact) mass is 192 g/mol. The molecule has 0 radical (unpaired) electrons. The average Bonchev–Trinajstić information content (AvgIpc) is 2.57. The van der Waals surface area contributed by atoms with Crippen LogP contribution in [-0.2, 0) is 4.84 Å². The molecule has 2 aromatic heterocycles. The largest absolute Gasteiger partial charge is 0.399 e. The predicted molar refractivity (Wildman–Crippen MR) is 54.2 cm³/mol. The van der Waals surface area contributed by atoms with Crippen molar-refractivity contribution in [1.29, 1.82) is 0 Å². The highest BCUT2D eigenvalue weighted by atomic mass is 32.1. The Labute approximate surface area is 79.7 Å². The van der Waals surface area contributed by atoms with Crippen molar-refractivity contribution in [1.82, 2.24) is 4.98 Å². The summed E-state index contributed by atoms with van der Waals surface area (Å²) >= 11 is 1.65. The zero-order valence-electron chi connectivity index (χ0n) is 7.10. The summed E-state index contributed by atoms with van der Waals surface area (Å²) < 4.78 is 1.17. The lowest BCUT2D eigenvalue weighted by Crippen LogP contribution is -1.72. The summed E-state index contributed by atoms with van der Waals surface area (Å²) in [5.74, 6) is 0. The Bertz CT molecular complexity index is 403. The first-order valence-corrected chi connectivity index (χ1v) is 4.62. The highest BCUT2D eigenvalue weighted by Crippen LogP contribution is 2.22. The molecule has 0 atom stereocenters. The summed E-state index contributed by atoms with van der Waals surface area (Å²) in [5.41, 5.74) is 0. The minimum absolute atomic E-state index is 1.07. The van der Waals surface area contributed by atoms with Gasteiger partial charge in [0, 0.05) is 17.3 Å². The maximum absolute atomic E-state index is 4.60. The van der Waals surface area contributed by atoms with Crippen LogP contribution in [0.25, 0.3) is 10.1 Å². The minimum atomic E-state index is 1.07. The number of thiophene rings is 1. The van der Waals surface area contributed by atoms with Crippen molar-refractivity contribution >= 4 is 27.6 Å². The molecule has 4 heteroatoms. The third-order valence-corrected chi connectivity index (χ3v) is 2.65. The summed E-state index contributed by atoms with van der Waals surface area (Å²) in [6.07, 6.45) is 5.33. The van der Waals surface area contributed by atoms with Gasteiger partial charge in [0.15, 0.2) is 0 Å². The molecule has 0 bridgehead atoms. The van der Waals surface area contributed by atoms with Crippen molar-refractivity contribution in [3.63, 3.8) is 0 Å². The molecule has 0 aliphatic carbocycles. The van der Waals surface area contributed by atoms with Crippen molar-refractivity contribution in [2.75, 3.05) is 7.11 Å². The molecule has 0 aliphatic rings. The topological polar surface area (TPSA) is 34.5 Å². The second-order valence-electron chi connectivity index (χ2n) is 2.48. The Hall–Kier alpha value is -1.42. The second kappa shape index (κ2) is 3.53. The van der Waals surface area contributed by atoms with Crippen molar-refractivity contribution in [3.05, 3.63) is 29.4 Å². The van der Waals surface area contributed by atoms with Gasteiger partial charge in [0.1, 0.15) is 7.11 Å². The van der Waals surface area contributed by atoms with Crippen LogP contribution in [0.5, 0.6) is 0 Å². The second-order valence-corrected chi connectivity index (χ2v) is 3.59. The zero-order valence-corrected chi connectivity index (χ0v) is 7.91. The molecule has 0 spiro atoms. The number of hydrogen-bond acceptors (Lipinski definition) is 4. The van der Waals surface area contributed by atoms with Gasteiger partial charge in [-0.3, -0.25) is 4.98 Å². The van der Waals surface area contributed by atoms with Gasteiger partial charge in [-0.25, -0.2) is 0 Å². The first-order valence-electron chi connectivity index (χ1n) is 3.80. The van der Waals surface area contributed by atoms with Crippen molar-refractivity contribution in [2.24, 2.45) is 5.16 Å². The standard InChI is InChI=1S/C9H8N2OS/c1-12-11-5-8-4-7-2-3-10-6-9(7)13-8/h2-6H,1H3. The van der Waals surface area contributed by atoms with Crippen LogP contribution in [0.15, 0.2) is 29.7 Å². The van der Waals surface area contributed by atoms with E-state index in [9.17, 15) is 0 Å². The lowest BCUT2D eigenvalue weighted by atomic mass is 10.3. The summed E-state index contributed by atoms with van der Waals surface area (Å²) in [6.45, 7) is 0. The van der Waals surface area contributed by atoms with Gasteiger partial charge >= 0.3 is 0 Å². The molecule has 2 heterocycles. The van der Waals surface area contributed by atoms with E-state index in [2.05, 4.69) is 21.0 Å². The predicted octanol–water partition coefficient (Wildman–Crippen LogP) is 2.28. The molecule has 2 rings (SSSR count). The van der Waals surface area contributed by atoms with Crippen LogP contribution in [0.4, 0.5) is 0 Å². The first-order chi connectivity index (χ1) is 6.40. The van der Waals surface area contributed by atoms with Gasteiger partial charge in [-0.2, -0.15) is 0 Å². The van der Waals surface area contributed by atoms with Gasteiger partial charge in [0.25, 0.3) is 0 Å². The third kappa shape index (κ3) is 1.67. The Balaban J connectivity index is 2.44. The lowest BCUT2D eigenvalue weighted by molar-refractivity contribution is 0.215. The number of nitrogens with zero attached hydrogens (tertiary/aromatic N) is 2. The number of oxime groups is 1. The maximum Gasteiger partial charge on any atom is 0.106 e. The van der Waals surface area contributed by atoms with Crippen LogP contribution in [0.1, 0.15) is 4.88 Å². The molecule has 0 saturated carbocycles. The first kappa shape index (κ1) is 8.19. The number of hydrogen-bond donors (Lipinski definition) is 0. The number of fused-ring (bicyclic) bond motifs is 1. The molecule has 0 amide bonds. The molecule has 0 saturated heterocycles. The number of rotatable bonds is 2. The van der Waals surface area contributed by atoms with Crippen LogP contribution in [0, 0.1) is 0 Å². The fraction of sp³-hybridized carbons (Fsp3) is 0.111. The molecule has 2 aromatic rings. The minimum Gasteiger partial charge on any atom is -0.399 e. The molecule has 3 nitrogen and oxygen atoms in total. The van der Waals surface area contributed by atoms with Crippen LogP contribution in [0.2, 0.25) is 0 Å². The average molecular weight is 192 g/mol. The van der Waals surface area contributed by atoms with Gasteiger partial charge in [-0.15, -0.1) is 11.3 Å². The van der Waals surface area contributed by atoms with Crippen molar-refractivity contribution in [2.45, 2.75) is 0 Å². The molecule has 13 heavy (non-hydrogen) atoms. The van der Waals surface area contributed by atoms with E-state index in [0.29, 0.717) is 0 Å². The highest BCUT2D eigenvalue weighted by Gasteiger charge is 1.98. The van der Waals surface area contributed by atoms with E-state index < -0.39 is 0 Å². The normalized spacial score (nSPS) is 11.2. The number of pyridine rings is 1. The van der Waals surface area contributed by atoms with Gasteiger partial charge < -0.3 is 4.84 Å². The molecular weight excluding hydrogens is 184 g/mol. The van der Waals surface area contributed by atoms with E-state index in [1.807, 2.05) is 12.3 Å². The lowest BCUT2D eigenvalue weighted by Gasteiger charge is -1.82. The molecule has 0 unspecified atom stereocenters. The molecule has 0 aromatic carbocycles. The Kier molecular flexibility index (Phi) is 2.23. The molecule has 66 valence electrons. The summed E-state index contributed by atoms with van der Waals surface area (Å²) in [7, 11) is 1.53. The quantitative estimate of drug-likeness (QED) is 0.540. The molecule has 0 N–H and O–H groups in total. The highest BCUT2D eigenvalue weighted by molar-refractivity contribution is 7.20. The Morgan fingerprint density at radius 1 is 1.62 bits per heavy atom. The smallest absolute Gasteiger partial charge is 0.106 e. The van der Waals surface area contributed by atoms with E-state index in [1.165, 1.54) is 17.2 Å². The SMILES string of the molecule is CON=Cc1cc2ccncc2s1. The van der Waals surface area contributed by atoms with Gasteiger partial charge in [-0.1, -0.05) is 5.16 Å². The number of aromatic nitrogens is 1. The van der Waals surface area contributed by atoms with E-state index in [1.54, 1.807) is 23.7 Å². The third-order valence-electron chi connectivity index (χ3n) is 1.63. The summed E-state index contributed by atoms with van der Waals surface area (Å²) in [4.78, 5) is 9.72. The summed E-state index contributed by atoms with van der Waals surface area (Å²) in [6, 6.07) is 4.04. The van der Waals surface area contributed by atoms with Crippen LogP contribution in [-0.4, -0.2) is 18.3 Å². The van der Waals surface area contributed by atoms with Crippen molar-refractivity contribution < 1.29 is 4.84 Å². The van der Waals surface area contributed by atoms with E-state index in [4.69, 9.17) is 0 Å². The zero-order chi connectivity index (χ0) is 9.10. The van der Waals surface area contributed by atoms with E-state index in [0.717, 1.165) is 4.88 Å². The maximum atomic E-state index is 4.60. The van der Waals surface area contributed by atoms with Crippen LogP contribution < -0.4 is 0 Å².